The maximum Gasteiger partial charge on any atom is 0.226 e. The highest BCUT2D eigenvalue weighted by molar-refractivity contribution is 14.0. The Kier molecular flexibility index (Phi) is 12.0. The molecule has 1 aliphatic heterocycles. The first kappa shape index (κ1) is 26.6. The van der Waals surface area contributed by atoms with Crippen LogP contribution >= 0.6 is 24.0 Å². The summed E-state index contributed by atoms with van der Waals surface area (Å²) in [5, 5.41) is 10.7. The van der Waals surface area contributed by atoms with Crippen LogP contribution in [0.1, 0.15) is 75.2 Å². The second kappa shape index (κ2) is 14.5. The van der Waals surface area contributed by atoms with Crippen LogP contribution in [0.4, 0.5) is 0 Å². The number of rotatable bonds is 10. The molecule has 2 aromatic rings. The van der Waals surface area contributed by atoms with Crippen molar-refractivity contribution >= 4 is 29.9 Å². The number of aliphatic imine (C=N–C) groups is 1. The van der Waals surface area contributed by atoms with E-state index in [1.807, 2.05) is 0 Å². The predicted octanol–water partition coefficient (Wildman–Crippen LogP) is 4.48. The molecule has 178 valence electrons. The van der Waals surface area contributed by atoms with Crippen LogP contribution in [-0.2, 0) is 19.5 Å². The summed E-state index contributed by atoms with van der Waals surface area (Å²) in [7, 11) is 0. The molecule has 1 saturated heterocycles. The van der Waals surface area contributed by atoms with Gasteiger partial charge in [0.05, 0.1) is 6.54 Å². The van der Waals surface area contributed by atoms with Crippen LogP contribution in [0.3, 0.4) is 0 Å². The molecule has 1 aromatic heterocycles. The zero-order valence-corrected chi connectivity index (χ0v) is 22.1. The normalized spacial score (nSPS) is 14.9. The van der Waals surface area contributed by atoms with Crippen LogP contribution in [0.15, 0.2) is 33.8 Å². The average molecular weight is 555 g/mol. The minimum Gasteiger partial charge on any atom is -0.357 e. The Morgan fingerprint density at radius 3 is 2.47 bits per heavy atom. The van der Waals surface area contributed by atoms with Gasteiger partial charge in [-0.1, -0.05) is 49.7 Å². The first-order chi connectivity index (χ1) is 15.1. The van der Waals surface area contributed by atoms with Gasteiger partial charge < -0.3 is 15.2 Å². The van der Waals surface area contributed by atoms with Gasteiger partial charge in [0.15, 0.2) is 11.8 Å². The molecule has 1 aromatic carbocycles. The third kappa shape index (κ3) is 9.05. The predicted molar refractivity (Wildman–Crippen MR) is 141 cm³/mol. The third-order valence-corrected chi connectivity index (χ3v) is 5.50. The highest BCUT2D eigenvalue weighted by atomic mass is 127. The van der Waals surface area contributed by atoms with Gasteiger partial charge >= 0.3 is 0 Å². The van der Waals surface area contributed by atoms with Gasteiger partial charge in [-0.2, -0.15) is 4.98 Å². The van der Waals surface area contributed by atoms with Gasteiger partial charge in [-0.05, 0) is 50.4 Å². The van der Waals surface area contributed by atoms with Crippen LogP contribution in [0.2, 0.25) is 0 Å². The second-order valence-corrected chi connectivity index (χ2v) is 8.58. The lowest BCUT2D eigenvalue weighted by Crippen LogP contribution is -2.37. The van der Waals surface area contributed by atoms with E-state index in [9.17, 15) is 0 Å². The summed E-state index contributed by atoms with van der Waals surface area (Å²) in [6.45, 7) is 12.0. The maximum absolute atomic E-state index is 5.31. The molecule has 0 unspecified atom stereocenters. The third-order valence-electron chi connectivity index (χ3n) is 5.50. The molecule has 0 saturated carbocycles. The molecule has 0 bridgehead atoms. The zero-order valence-electron chi connectivity index (χ0n) is 19.8. The Bertz CT molecular complexity index is 799. The summed E-state index contributed by atoms with van der Waals surface area (Å²) >= 11 is 0. The lowest BCUT2D eigenvalue weighted by atomic mass is 10.1. The number of aromatic nitrogens is 2. The summed E-state index contributed by atoms with van der Waals surface area (Å²) in [4.78, 5) is 11.7. The largest absolute Gasteiger partial charge is 0.357 e. The Balaban J connectivity index is 0.00000363. The van der Waals surface area contributed by atoms with Gasteiger partial charge in [0, 0.05) is 32.0 Å². The summed E-state index contributed by atoms with van der Waals surface area (Å²) in [6.07, 6.45) is 5.73. The molecule has 32 heavy (non-hydrogen) atoms. The minimum atomic E-state index is 0. The summed E-state index contributed by atoms with van der Waals surface area (Å²) < 4.78 is 5.31. The van der Waals surface area contributed by atoms with E-state index >= 15 is 0 Å². The Hall–Kier alpha value is -1.68. The lowest BCUT2D eigenvalue weighted by Gasteiger charge is -2.26. The van der Waals surface area contributed by atoms with Crippen molar-refractivity contribution in [3.05, 3.63) is 47.1 Å². The van der Waals surface area contributed by atoms with E-state index in [-0.39, 0.29) is 24.0 Å². The number of likely N-dealkylation sites (tertiary alicyclic amines) is 1. The number of benzene rings is 1. The molecule has 0 spiro atoms. The van der Waals surface area contributed by atoms with Crippen LogP contribution in [0, 0.1) is 0 Å². The number of hydrogen-bond acceptors (Lipinski definition) is 5. The van der Waals surface area contributed by atoms with E-state index in [0.717, 1.165) is 44.3 Å². The van der Waals surface area contributed by atoms with E-state index < -0.39 is 0 Å². The zero-order chi connectivity index (χ0) is 21.9. The molecule has 0 aliphatic carbocycles. The number of hydrogen-bond donors (Lipinski definition) is 2. The highest BCUT2D eigenvalue weighted by Crippen LogP contribution is 2.14. The molecule has 1 aliphatic rings. The number of nitrogens with zero attached hydrogens (tertiary/aromatic N) is 4. The molecule has 1 fully saturated rings. The van der Waals surface area contributed by atoms with E-state index in [0.29, 0.717) is 18.4 Å². The fraction of sp³-hybridized carbons (Fsp3) is 0.625. The SMILES string of the molecule is CCNC(=NCc1ccc(CN2CCCCC2)cc1)NCCCc1nc(C(C)C)no1.I. The molecule has 0 atom stereocenters. The van der Waals surface area contributed by atoms with E-state index in [1.54, 1.807) is 0 Å². The molecule has 2 heterocycles. The van der Waals surface area contributed by atoms with Crippen LogP contribution in [-0.4, -0.2) is 47.2 Å². The topological polar surface area (TPSA) is 78.6 Å². The lowest BCUT2D eigenvalue weighted by molar-refractivity contribution is 0.221. The summed E-state index contributed by atoms with van der Waals surface area (Å²) in [5.74, 6) is 2.62. The van der Waals surface area contributed by atoms with Crippen molar-refractivity contribution in [2.75, 3.05) is 26.2 Å². The number of halogens is 1. The number of aryl methyl sites for hydroxylation is 1. The smallest absolute Gasteiger partial charge is 0.226 e. The first-order valence-corrected chi connectivity index (χ1v) is 11.8. The summed E-state index contributed by atoms with van der Waals surface area (Å²) in [6, 6.07) is 8.90. The maximum atomic E-state index is 5.31. The van der Waals surface area contributed by atoms with Crippen molar-refractivity contribution in [1.82, 2.24) is 25.7 Å². The Morgan fingerprint density at radius 2 is 1.81 bits per heavy atom. The summed E-state index contributed by atoms with van der Waals surface area (Å²) in [5.41, 5.74) is 2.62. The van der Waals surface area contributed by atoms with Crippen LogP contribution in [0.5, 0.6) is 0 Å². The van der Waals surface area contributed by atoms with Crippen molar-refractivity contribution in [3.8, 4) is 0 Å². The van der Waals surface area contributed by atoms with E-state index in [2.05, 4.69) is 70.7 Å². The molecule has 8 heteroatoms. The molecule has 0 radical (unpaired) electrons. The van der Waals surface area contributed by atoms with Gasteiger partial charge in [-0.15, -0.1) is 24.0 Å². The van der Waals surface area contributed by atoms with Crippen molar-refractivity contribution in [2.45, 2.75) is 71.9 Å². The van der Waals surface area contributed by atoms with E-state index in [1.165, 1.54) is 43.5 Å². The van der Waals surface area contributed by atoms with Crippen LogP contribution < -0.4 is 10.6 Å². The quantitative estimate of drug-likeness (QED) is 0.195. The number of nitrogens with one attached hydrogen (secondary N) is 2. The molecular formula is C24H39IN6O. The van der Waals surface area contributed by atoms with Crippen molar-refractivity contribution in [2.24, 2.45) is 4.99 Å². The van der Waals surface area contributed by atoms with Gasteiger partial charge in [0.25, 0.3) is 0 Å². The van der Waals surface area contributed by atoms with Gasteiger partial charge in [0.1, 0.15) is 0 Å². The first-order valence-electron chi connectivity index (χ1n) is 11.8. The van der Waals surface area contributed by atoms with Crippen LogP contribution in [0.25, 0.3) is 0 Å². The minimum absolute atomic E-state index is 0. The van der Waals surface area contributed by atoms with Gasteiger partial charge in [-0.3, -0.25) is 4.90 Å². The molecular weight excluding hydrogens is 515 g/mol. The van der Waals surface area contributed by atoms with Crippen molar-refractivity contribution < 1.29 is 4.52 Å². The van der Waals surface area contributed by atoms with Crippen molar-refractivity contribution in [3.63, 3.8) is 0 Å². The Labute approximate surface area is 209 Å². The van der Waals surface area contributed by atoms with Gasteiger partial charge in [0.2, 0.25) is 5.89 Å². The molecule has 2 N–H and O–H groups in total. The fourth-order valence-electron chi connectivity index (χ4n) is 3.69. The van der Waals surface area contributed by atoms with Crippen molar-refractivity contribution in [1.29, 1.82) is 0 Å². The number of guanidine groups is 1. The number of piperidine rings is 1. The molecule has 7 nitrogen and oxygen atoms in total. The van der Waals surface area contributed by atoms with Gasteiger partial charge in [-0.25, -0.2) is 4.99 Å². The van der Waals surface area contributed by atoms with E-state index in [4.69, 9.17) is 9.52 Å². The molecule has 0 amide bonds. The fourth-order valence-corrected chi connectivity index (χ4v) is 3.69. The Morgan fingerprint density at radius 1 is 1.09 bits per heavy atom. The average Bonchev–Trinajstić information content (AvgIpc) is 3.26. The standard InChI is InChI=1S/C24H38N6O.HI/c1-4-25-24(26-14-8-9-22-28-23(19(2)3)29-31-22)27-17-20-10-12-21(13-11-20)18-30-15-6-5-7-16-30;/h10-13,19H,4-9,14-18H2,1-3H3,(H2,25,26,27);1H. The monoisotopic (exact) mass is 554 g/mol. The molecule has 3 rings (SSSR count). The highest BCUT2D eigenvalue weighted by Gasteiger charge is 2.11. The second-order valence-electron chi connectivity index (χ2n) is 8.58.